The van der Waals surface area contributed by atoms with E-state index in [9.17, 15) is 9.59 Å². The van der Waals surface area contributed by atoms with E-state index in [2.05, 4.69) is 5.43 Å². The predicted molar refractivity (Wildman–Crippen MR) is 69.4 cm³/mol. The molecule has 1 saturated heterocycles. The number of ether oxygens (including phenoxy) is 2. The van der Waals surface area contributed by atoms with Gasteiger partial charge in [0.25, 0.3) is 0 Å². The molecule has 2 atom stereocenters. The highest BCUT2D eigenvalue weighted by molar-refractivity contribution is 5.76. The largest absolute Gasteiger partial charge is 0.443 e. The van der Waals surface area contributed by atoms with Crippen molar-refractivity contribution in [3.05, 3.63) is 48.0 Å². The van der Waals surface area contributed by atoms with Gasteiger partial charge in [0, 0.05) is 0 Å². The Labute approximate surface area is 115 Å². The first-order valence-electron chi connectivity index (χ1n) is 6.38. The van der Waals surface area contributed by atoms with Crippen molar-refractivity contribution in [1.82, 2.24) is 10.4 Å². The number of hydrazine groups is 1. The number of hydrogen-bond acceptors (Lipinski definition) is 4. The first kappa shape index (κ1) is 12.5. The lowest BCUT2D eigenvalue weighted by atomic mass is 10.2. The van der Waals surface area contributed by atoms with Gasteiger partial charge in [-0.15, -0.1) is 0 Å². The average Bonchev–Trinajstić information content (AvgIpc) is 2.93. The van der Waals surface area contributed by atoms with Gasteiger partial charge in [-0.2, -0.15) is 0 Å². The molecule has 0 radical (unpaired) electrons. The van der Waals surface area contributed by atoms with Gasteiger partial charge in [0.15, 0.2) is 0 Å². The van der Waals surface area contributed by atoms with Crippen LogP contribution in [0.1, 0.15) is 12.0 Å². The Morgan fingerprint density at radius 1 is 1.40 bits per heavy atom. The Balaban J connectivity index is 1.63. The Kier molecular flexibility index (Phi) is 3.28. The molecule has 1 aromatic carbocycles. The van der Waals surface area contributed by atoms with Crippen LogP contribution in [-0.2, 0) is 16.1 Å². The van der Waals surface area contributed by atoms with E-state index in [1.807, 2.05) is 36.4 Å². The minimum absolute atomic E-state index is 0.164. The molecule has 20 heavy (non-hydrogen) atoms. The Morgan fingerprint density at radius 3 is 3.00 bits per heavy atom. The van der Waals surface area contributed by atoms with Crippen molar-refractivity contribution in [2.24, 2.45) is 0 Å². The van der Waals surface area contributed by atoms with Gasteiger partial charge in [-0.05, 0) is 18.1 Å². The SMILES string of the molecule is O=C1NN(C(=O)OCc2ccccc2)[C@H]2CC=C[C@H]2O1. The number of rotatable bonds is 2. The van der Waals surface area contributed by atoms with Gasteiger partial charge in [0.05, 0.1) is 0 Å². The van der Waals surface area contributed by atoms with Crippen molar-refractivity contribution in [1.29, 1.82) is 0 Å². The molecule has 1 heterocycles. The molecular formula is C14H14N2O4. The molecule has 0 saturated carbocycles. The fourth-order valence-electron chi connectivity index (χ4n) is 2.29. The number of carbonyl (C=O) groups excluding carboxylic acids is 2. The first-order chi connectivity index (χ1) is 9.74. The number of carbonyl (C=O) groups is 2. The molecule has 0 unspecified atom stereocenters. The van der Waals surface area contributed by atoms with E-state index < -0.39 is 18.3 Å². The lowest BCUT2D eigenvalue weighted by Gasteiger charge is -2.35. The van der Waals surface area contributed by atoms with Crippen molar-refractivity contribution in [3.63, 3.8) is 0 Å². The molecule has 3 rings (SSSR count). The number of amides is 2. The third kappa shape index (κ3) is 2.45. The number of nitrogens with one attached hydrogen (secondary N) is 1. The Bertz CT molecular complexity index is 543. The van der Waals surface area contributed by atoms with Gasteiger partial charge in [-0.25, -0.2) is 20.0 Å². The molecule has 0 spiro atoms. The highest BCUT2D eigenvalue weighted by atomic mass is 16.6. The van der Waals surface area contributed by atoms with Crippen LogP contribution in [0, 0.1) is 0 Å². The number of hydrogen-bond donors (Lipinski definition) is 1. The third-order valence-electron chi connectivity index (χ3n) is 3.27. The monoisotopic (exact) mass is 274 g/mol. The average molecular weight is 274 g/mol. The second-order valence-corrected chi connectivity index (χ2v) is 4.62. The van der Waals surface area contributed by atoms with E-state index in [4.69, 9.17) is 9.47 Å². The normalized spacial score (nSPS) is 23.8. The van der Waals surface area contributed by atoms with Crippen molar-refractivity contribution in [3.8, 4) is 0 Å². The summed E-state index contributed by atoms with van der Waals surface area (Å²) in [4.78, 5) is 23.4. The van der Waals surface area contributed by atoms with Gasteiger partial charge in [-0.1, -0.05) is 36.4 Å². The van der Waals surface area contributed by atoms with Gasteiger partial charge < -0.3 is 9.47 Å². The minimum atomic E-state index is -0.644. The molecule has 1 N–H and O–H groups in total. The van der Waals surface area contributed by atoms with Crippen LogP contribution in [0.3, 0.4) is 0 Å². The van der Waals surface area contributed by atoms with Crippen LogP contribution in [-0.4, -0.2) is 29.3 Å². The lowest BCUT2D eigenvalue weighted by Crippen LogP contribution is -2.60. The number of fused-ring (bicyclic) bond motifs is 1. The molecular weight excluding hydrogens is 260 g/mol. The number of benzene rings is 1. The fourth-order valence-corrected chi connectivity index (χ4v) is 2.29. The maximum atomic E-state index is 12.1. The quantitative estimate of drug-likeness (QED) is 0.837. The standard InChI is InChI=1S/C14H14N2O4/c17-13-15-16(11-7-4-8-12(11)20-13)14(18)19-9-10-5-2-1-3-6-10/h1-6,8,11-12H,7,9H2,(H,15,17)/t11-,12+/m0/s1. The van der Waals surface area contributed by atoms with Crippen LogP contribution < -0.4 is 5.43 Å². The van der Waals surface area contributed by atoms with E-state index >= 15 is 0 Å². The summed E-state index contributed by atoms with van der Waals surface area (Å²) in [6, 6.07) is 9.13. The summed E-state index contributed by atoms with van der Waals surface area (Å²) in [5.74, 6) is 0. The lowest BCUT2D eigenvalue weighted by molar-refractivity contribution is -0.0183. The minimum Gasteiger partial charge on any atom is -0.443 e. The Hall–Kier alpha value is -2.50. The molecule has 1 aromatic rings. The van der Waals surface area contributed by atoms with Crippen LogP contribution in [0.4, 0.5) is 9.59 Å². The van der Waals surface area contributed by atoms with Crippen molar-refractivity contribution in [2.75, 3.05) is 0 Å². The summed E-state index contributed by atoms with van der Waals surface area (Å²) in [5.41, 5.74) is 3.27. The maximum Gasteiger partial charge on any atom is 0.429 e. The molecule has 2 amide bonds. The van der Waals surface area contributed by atoms with E-state index in [1.54, 1.807) is 6.08 Å². The molecule has 1 aliphatic heterocycles. The van der Waals surface area contributed by atoms with E-state index in [-0.39, 0.29) is 12.6 Å². The number of nitrogens with zero attached hydrogens (tertiary/aromatic N) is 1. The zero-order valence-corrected chi connectivity index (χ0v) is 10.7. The topological polar surface area (TPSA) is 67.9 Å². The third-order valence-corrected chi connectivity index (χ3v) is 3.27. The second kappa shape index (κ2) is 5.24. The van der Waals surface area contributed by atoms with E-state index in [0.29, 0.717) is 6.42 Å². The van der Waals surface area contributed by atoms with Gasteiger partial charge in [0.2, 0.25) is 0 Å². The molecule has 1 fully saturated rings. The molecule has 0 bridgehead atoms. The van der Waals surface area contributed by atoms with E-state index in [1.165, 1.54) is 5.01 Å². The van der Waals surface area contributed by atoms with Crippen LogP contribution in [0.25, 0.3) is 0 Å². The van der Waals surface area contributed by atoms with Gasteiger partial charge >= 0.3 is 12.2 Å². The highest BCUT2D eigenvalue weighted by Crippen LogP contribution is 2.23. The molecule has 2 aliphatic rings. The zero-order valence-electron chi connectivity index (χ0n) is 10.7. The summed E-state index contributed by atoms with van der Waals surface area (Å²) in [6.07, 6.45) is 2.67. The summed E-state index contributed by atoms with van der Waals surface area (Å²) in [5, 5.41) is 1.21. The van der Waals surface area contributed by atoms with Crippen LogP contribution in [0.2, 0.25) is 0 Å². The second-order valence-electron chi connectivity index (χ2n) is 4.62. The highest BCUT2D eigenvalue weighted by Gasteiger charge is 2.40. The van der Waals surface area contributed by atoms with E-state index in [0.717, 1.165) is 5.56 Å². The van der Waals surface area contributed by atoms with Crippen molar-refractivity contribution in [2.45, 2.75) is 25.2 Å². The van der Waals surface area contributed by atoms with Gasteiger partial charge in [-0.3, -0.25) is 0 Å². The summed E-state index contributed by atoms with van der Waals surface area (Å²) in [7, 11) is 0. The summed E-state index contributed by atoms with van der Waals surface area (Å²) >= 11 is 0. The fraction of sp³-hybridized carbons (Fsp3) is 0.286. The van der Waals surface area contributed by atoms with Crippen molar-refractivity contribution >= 4 is 12.2 Å². The summed E-state index contributed by atoms with van der Waals surface area (Å²) < 4.78 is 10.3. The summed E-state index contributed by atoms with van der Waals surface area (Å²) in [6.45, 7) is 0.164. The van der Waals surface area contributed by atoms with Crippen LogP contribution >= 0.6 is 0 Å². The maximum absolute atomic E-state index is 12.1. The first-order valence-corrected chi connectivity index (χ1v) is 6.38. The predicted octanol–water partition coefficient (Wildman–Crippen LogP) is 1.98. The Morgan fingerprint density at radius 2 is 2.20 bits per heavy atom. The van der Waals surface area contributed by atoms with Crippen molar-refractivity contribution < 1.29 is 19.1 Å². The molecule has 6 nitrogen and oxygen atoms in total. The molecule has 6 heteroatoms. The van der Waals surface area contributed by atoms with Crippen LogP contribution in [0.15, 0.2) is 42.5 Å². The van der Waals surface area contributed by atoms with Gasteiger partial charge in [0.1, 0.15) is 18.8 Å². The zero-order chi connectivity index (χ0) is 13.9. The molecule has 1 aliphatic carbocycles. The van der Waals surface area contributed by atoms with Crippen LogP contribution in [0.5, 0.6) is 0 Å². The smallest absolute Gasteiger partial charge is 0.429 e. The molecule has 0 aromatic heterocycles. The molecule has 104 valence electrons.